The molecule has 8 heterocycles. The first kappa shape index (κ1) is 28.2. The second-order valence-corrected chi connectivity index (χ2v) is 15.8. The minimum absolute atomic E-state index is 0. The zero-order chi connectivity index (χ0) is 28.4. The van der Waals surface area contributed by atoms with Gasteiger partial charge in [-0.3, -0.25) is 0 Å². The monoisotopic (exact) mass is 579 g/mol. The van der Waals surface area contributed by atoms with Gasteiger partial charge in [-0.25, -0.2) is 19.6 Å². The lowest BCUT2D eigenvalue weighted by molar-refractivity contribution is -0.571. The summed E-state index contributed by atoms with van der Waals surface area (Å²) in [5, 5.41) is 0. The summed E-state index contributed by atoms with van der Waals surface area (Å²) in [6, 6.07) is 0. The van der Waals surface area contributed by atoms with Crippen LogP contribution in [0.2, 0.25) is 0 Å². The molecule has 16 atom stereocenters. The number of hydrogen-bond acceptors (Lipinski definition) is 8. The molecule has 0 aromatic heterocycles. The van der Waals surface area contributed by atoms with Crippen molar-refractivity contribution in [2.45, 2.75) is 160 Å². The van der Waals surface area contributed by atoms with Crippen LogP contribution in [0.15, 0.2) is 0 Å². The van der Waals surface area contributed by atoms with E-state index in [1.54, 1.807) is 0 Å². The summed E-state index contributed by atoms with van der Waals surface area (Å²) in [5.41, 5.74) is -0.968. The van der Waals surface area contributed by atoms with Gasteiger partial charge in [-0.05, 0) is 107 Å². The van der Waals surface area contributed by atoms with E-state index in [4.69, 9.17) is 38.5 Å². The van der Waals surface area contributed by atoms with Gasteiger partial charge in [0.05, 0.1) is 12.2 Å². The molecule has 0 N–H and O–H groups in total. The number of fused-ring (bicyclic) bond motifs is 4. The average Bonchev–Trinajstić information content (AvgIpc) is 3.31. The molecule has 10 aliphatic rings. The molecule has 0 radical (unpaired) electrons. The van der Waals surface area contributed by atoms with E-state index >= 15 is 0 Å². The van der Waals surface area contributed by atoms with Crippen LogP contribution in [-0.2, 0) is 38.5 Å². The van der Waals surface area contributed by atoms with Crippen molar-refractivity contribution in [1.29, 1.82) is 0 Å². The summed E-state index contributed by atoms with van der Waals surface area (Å²) in [6.45, 7) is 13.5. The van der Waals surface area contributed by atoms with Crippen LogP contribution in [0.1, 0.15) is 114 Å². The Morgan fingerprint density at radius 2 is 1.00 bits per heavy atom. The molecule has 8 saturated heterocycles. The van der Waals surface area contributed by atoms with Crippen molar-refractivity contribution in [3.8, 4) is 0 Å². The smallest absolute Gasteiger partial charge is 0.201 e. The summed E-state index contributed by atoms with van der Waals surface area (Å²) in [6.07, 6.45) is 11.2. The van der Waals surface area contributed by atoms with E-state index in [9.17, 15) is 0 Å². The van der Waals surface area contributed by atoms with E-state index in [0.717, 1.165) is 57.8 Å². The molecule has 234 valence electrons. The molecule has 2 unspecified atom stereocenters. The van der Waals surface area contributed by atoms with E-state index in [1.807, 2.05) is 13.8 Å². The fourth-order valence-corrected chi connectivity index (χ4v) is 11.1. The molecule has 0 aromatic rings. The molecule has 10 rings (SSSR count). The van der Waals surface area contributed by atoms with Gasteiger partial charge >= 0.3 is 0 Å². The summed E-state index contributed by atoms with van der Waals surface area (Å²) in [7, 11) is 0. The first-order chi connectivity index (χ1) is 19.6. The minimum Gasteiger partial charge on any atom is -0.346 e. The molecule has 10 fully saturated rings. The first-order valence-electron chi connectivity index (χ1n) is 17.0. The lowest BCUT2D eigenvalue weighted by Gasteiger charge is -2.61. The average molecular weight is 580 g/mol. The van der Waals surface area contributed by atoms with Crippen LogP contribution in [-0.4, -0.2) is 47.6 Å². The van der Waals surface area contributed by atoms with Gasteiger partial charge in [0.25, 0.3) is 0 Å². The van der Waals surface area contributed by atoms with Gasteiger partial charge in [0.1, 0.15) is 0 Å². The van der Waals surface area contributed by atoms with E-state index in [-0.39, 0.29) is 26.2 Å². The summed E-state index contributed by atoms with van der Waals surface area (Å²) < 4.78 is 26.9. The van der Waals surface area contributed by atoms with Gasteiger partial charge in [-0.2, -0.15) is 0 Å². The van der Waals surface area contributed by atoms with Gasteiger partial charge in [0.2, 0.25) is 11.6 Å². The molecule has 0 aromatic carbocycles. The lowest BCUT2D eigenvalue weighted by Crippen LogP contribution is -2.70. The maximum absolute atomic E-state index is 6.88. The van der Waals surface area contributed by atoms with Crippen LogP contribution in [0, 0.1) is 47.3 Å². The molecular weight excluding hydrogens is 524 g/mol. The first-order valence-corrected chi connectivity index (χ1v) is 17.0. The fourth-order valence-electron chi connectivity index (χ4n) is 11.1. The summed E-state index contributed by atoms with van der Waals surface area (Å²) in [5.74, 6) is 2.08. The Morgan fingerprint density at radius 1 is 0.561 bits per heavy atom. The lowest BCUT2D eigenvalue weighted by atomic mass is 9.57. The van der Waals surface area contributed by atoms with E-state index in [1.165, 1.54) is 12.8 Å². The normalized spacial score (nSPS) is 61.0. The highest BCUT2D eigenvalue weighted by atomic mass is 17.3. The predicted molar refractivity (Wildman–Crippen MR) is 150 cm³/mol. The Morgan fingerprint density at radius 3 is 1.44 bits per heavy atom. The van der Waals surface area contributed by atoms with Crippen molar-refractivity contribution in [3.63, 3.8) is 0 Å². The van der Waals surface area contributed by atoms with Gasteiger partial charge in [-0.15, -0.1) is 0 Å². The fraction of sp³-hybridized carbons (Fsp3) is 1.00. The molecule has 8 nitrogen and oxygen atoms in total. The highest BCUT2D eigenvalue weighted by molar-refractivity contribution is 5.11. The Labute approximate surface area is 247 Å². The van der Waals surface area contributed by atoms with Crippen LogP contribution in [0.5, 0.6) is 0 Å². The van der Waals surface area contributed by atoms with Gasteiger partial charge in [-0.1, -0.05) is 27.7 Å². The molecule has 2 saturated carbocycles. The van der Waals surface area contributed by atoms with Gasteiger partial charge in [0.15, 0.2) is 23.8 Å². The van der Waals surface area contributed by atoms with Gasteiger partial charge in [0, 0.05) is 26.1 Å². The number of hydrogen-bond donors (Lipinski definition) is 0. The Balaban J connectivity index is 0.00000288. The molecule has 41 heavy (non-hydrogen) atoms. The molecule has 0 amide bonds. The van der Waals surface area contributed by atoms with E-state index in [2.05, 4.69) is 27.7 Å². The maximum atomic E-state index is 6.88. The second-order valence-electron chi connectivity index (χ2n) is 15.8. The molecular formula is C33H54O8. The Hall–Kier alpha value is -0.320. The summed E-state index contributed by atoms with van der Waals surface area (Å²) >= 11 is 0. The van der Waals surface area contributed by atoms with Crippen LogP contribution < -0.4 is 0 Å². The topological polar surface area (TPSA) is 73.8 Å². The molecule has 4 bridgehead atoms. The molecule has 2 aliphatic carbocycles. The largest absolute Gasteiger partial charge is 0.346 e. The standard InChI is InChI=1S/C33H52O8.H2/c1-18-10-12-24-20(3)26(34-28-32(24)22(18)14-16-30(5,36-28)38-40-32)8-7-9-27-21(4)25-13-11-19(2)23-15-17-31(6)37-29(35-27)33(23,25)41-39-31;/h18-29H,7-17H2,1-6H3;1H/t18-,19-,20-,21-,22+,23+,24+,25+,26?,27?,28-,29-,30+,31+,32-,33-;/m1./s1/i;1+1. The highest BCUT2D eigenvalue weighted by Crippen LogP contribution is 2.62. The summed E-state index contributed by atoms with van der Waals surface area (Å²) in [4.78, 5) is 24.7. The molecule has 2 spiro atoms. The zero-order valence-corrected chi connectivity index (χ0v) is 26.0. The van der Waals surface area contributed by atoms with Crippen LogP contribution in [0.3, 0.4) is 0 Å². The third-order valence-electron chi connectivity index (χ3n) is 13.6. The van der Waals surface area contributed by atoms with Crippen molar-refractivity contribution in [1.82, 2.24) is 0 Å². The maximum Gasteiger partial charge on any atom is 0.201 e. The third kappa shape index (κ3) is 3.93. The van der Waals surface area contributed by atoms with E-state index < -0.39 is 22.8 Å². The van der Waals surface area contributed by atoms with Crippen molar-refractivity contribution in [2.24, 2.45) is 47.3 Å². The van der Waals surface area contributed by atoms with Gasteiger partial charge < -0.3 is 18.9 Å². The quantitative estimate of drug-likeness (QED) is 0.333. The number of rotatable bonds is 4. The highest BCUT2D eigenvalue weighted by Gasteiger charge is 2.70. The van der Waals surface area contributed by atoms with Crippen molar-refractivity contribution in [3.05, 3.63) is 0 Å². The predicted octanol–water partition coefficient (Wildman–Crippen LogP) is 6.90. The van der Waals surface area contributed by atoms with Crippen molar-refractivity contribution >= 4 is 0 Å². The van der Waals surface area contributed by atoms with E-state index in [0.29, 0.717) is 47.3 Å². The van der Waals surface area contributed by atoms with Crippen LogP contribution in [0.25, 0.3) is 0 Å². The number of ether oxygens (including phenoxy) is 4. The molecule has 8 heteroatoms. The van der Waals surface area contributed by atoms with Crippen LogP contribution >= 0.6 is 0 Å². The second kappa shape index (κ2) is 9.59. The van der Waals surface area contributed by atoms with Crippen LogP contribution in [0.4, 0.5) is 0 Å². The Kier molecular flexibility index (Phi) is 6.59. The third-order valence-corrected chi connectivity index (χ3v) is 13.6. The minimum atomic E-state index is -0.722. The van der Waals surface area contributed by atoms with Crippen molar-refractivity contribution in [2.75, 3.05) is 0 Å². The SMILES string of the molecule is C[C@@H]1CC[C@H]2[C@@H](C)C(CCCC3O[C@@H]4O[C@]5(C)CC[C@H]6[C@H](C)CC[C@@H]([C@H]3C)[C@@]46OO5)O[C@@H]3O[C@]4(C)CC[C@@H]1[C@]32OO4.[2HH]. The zero-order valence-electron chi connectivity index (χ0n) is 26.0. The molecule has 8 aliphatic heterocycles. The van der Waals surface area contributed by atoms with Crippen molar-refractivity contribution < 1.29 is 39.9 Å². The Bertz CT molecular complexity index is 954.